The van der Waals surface area contributed by atoms with Gasteiger partial charge in [-0.25, -0.2) is 0 Å². The molecule has 2 aromatic carbocycles. The lowest BCUT2D eigenvalue weighted by atomic mass is 9.59. The van der Waals surface area contributed by atoms with E-state index in [1.165, 1.54) is 13.2 Å². The highest BCUT2D eigenvalue weighted by molar-refractivity contribution is 6.32. The summed E-state index contributed by atoms with van der Waals surface area (Å²) < 4.78 is 5.66. The molecule has 4 aliphatic carbocycles. The third-order valence-corrected chi connectivity index (χ3v) is 9.59. The fraction of sp³-hybridized carbons (Fsp3) is 0.379. The van der Waals surface area contributed by atoms with Crippen molar-refractivity contribution in [2.24, 2.45) is 11.7 Å². The van der Waals surface area contributed by atoms with Gasteiger partial charge in [0.25, 0.3) is 5.91 Å². The second kappa shape index (κ2) is 7.70. The molecule has 11 heteroatoms. The fourth-order valence-electron chi connectivity index (χ4n) is 7.59. The monoisotopic (exact) mass is 549 g/mol. The summed E-state index contributed by atoms with van der Waals surface area (Å²) in [5.41, 5.74) is -2.81. The molecule has 40 heavy (non-hydrogen) atoms. The minimum Gasteiger partial charge on any atom is -0.508 e. The number of amides is 1. The standard InChI is InChI=1S/C29H27NO10/c1-10-5-4-6-11(2)27(10)8-12-16-18(13(31)7-15(40-3)21(16)27)22(33)20-17(12)23(34)28(38)9-14(32)19(26(30)37)24(35)29(28,39)25(20)36/h5,7,11,31,33,35,38-39H,4,6,8-9H2,1-3H3,(H2,30,37)/t11?,27-,28+,29-/m1/s1. The number of hydrogen-bond donors (Lipinski definition) is 6. The third-order valence-electron chi connectivity index (χ3n) is 9.59. The molecule has 7 N–H and O–H groups in total. The third kappa shape index (κ3) is 2.57. The molecular weight excluding hydrogens is 522 g/mol. The summed E-state index contributed by atoms with van der Waals surface area (Å²) in [6.45, 7) is 3.96. The Hall–Kier alpha value is -4.22. The number of carbonyl (C=O) groups is 4. The van der Waals surface area contributed by atoms with Crippen LogP contribution in [0.25, 0.3) is 10.8 Å². The molecule has 11 nitrogen and oxygen atoms in total. The Labute approximate surface area is 227 Å². The van der Waals surface area contributed by atoms with Gasteiger partial charge in [-0.15, -0.1) is 0 Å². The van der Waals surface area contributed by atoms with Gasteiger partial charge in [0.1, 0.15) is 22.8 Å². The van der Waals surface area contributed by atoms with Crippen molar-refractivity contribution in [1.29, 1.82) is 0 Å². The first-order valence-corrected chi connectivity index (χ1v) is 12.8. The van der Waals surface area contributed by atoms with Crippen molar-refractivity contribution in [3.05, 3.63) is 51.3 Å². The molecule has 4 aliphatic rings. The van der Waals surface area contributed by atoms with E-state index in [1.807, 2.05) is 13.8 Å². The predicted molar refractivity (Wildman–Crippen MR) is 138 cm³/mol. The lowest BCUT2D eigenvalue weighted by Crippen LogP contribution is -2.70. The van der Waals surface area contributed by atoms with E-state index in [1.54, 1.807) is 0 Å². The molecular formula is C29H27NO10. The van der Waals surface area contributed by atoms with Gasteiger partial charge in [0.2, 0.25) is 11.4 Å². The SMILES string of the molecule is COc1cc(O)c2c(O)c3c(c4c2c1[C@]1(C4)C(C)=CCCC1C)C(=O)[C@@]1(O)CC(=O)C(C(N)=O)=C(O)[C@@]1(O)C3=O. The van der Waals surface area contributed by atoms with E-state index in [2.05, 4.69) is 6.08 Å². The van der Waals surface area contributed by atoms with Crippen molar-refractivity contribution >= 4 is 34.0 Å². The van der Waals surface area contributed by atoms with Crippen molar-refractivity contribution < 1.29 is 49.4 Å². The largest absolute Gasteiger partial charge is 0.508 e. The molecule has 0 aromatic heterocycles. The average Bonchev–Trinajstić information content (AvgIpc) is 3.23. The second-order valence-electron chi connectivity index (χ2n) is 11.2. The van der Waals surface area contributed by atoms with Gasteiger partial charge < -0.3 is 36.0 Å². The molecule has 0 fully saturated rings. The van der Waals surface area contributed by atoms with Crippen molar-refractivity contribution in [3.63, 3.8) is 0 Å². The number of ketones is 3. The van der Waals surface area contributed by atoms with Crippen LogP contribution in [0.4, 0.5) is 0 Å². The zero-order valence-corrected chi connectivity index (χ0v) is 21.9. The van der Waals surface area contributed by atoms with Gasteiger partial charge in [-0.05, 0) is 37.7 Å². The van der Waals surface area contributed by atoms with Gasteiger partial charge in [0, 0.05) is 28.0 Å². The number of aromatic hydroxyl groups is 2. The Morgan fingerprint density at radius 2 is 1.73 bits per heavy atom. The average molecular weight is 550 g/mol. The number of aliphatic hydroxyl groups is 3. The number of phenols is 2. The predicted octanol–water partition coefficient (Wildman–Crippen LogP) is 1.54. The minimum atomic E-state index is -3.50. The topological polar surface area (TPSA) is 205 Å². The smallest absolute Gasteiger partial charge is 0.255 e. The van der Waals surface area contributed by atoms with E-state index in [-0.39, 0.29) is 28.7 Å². The summed E-state index contributed by atoms with van der Waals surface area (Å²) in [6.07, 6.45) is 2.54. The number of carbonyl (C=O) groups excluding carboxylic acids is 4. The molecule has 1 amide bonds. The number of Topliss-reactive ketones (excluding diaryl/α,β-unsaturated/α-hetero) is 3. The van der Waals surface area contributed by atoms with Gasteiger partial charge in [-0.3, -0.25) is 19.2 Å². The van der Waals surface area contributed by atoms with Crippen molar-refractivity contribution in [3.8, 4) is 17.2 Å². The van der Waals surface area contributed by atoms with Gasteiger partial charge in [-0.1, -0.05) is 18.6 Å². The Kier molecular flexibility index (Phi) is 5.01. The van der Waals surface area contributed by atoms with Gasteiger partial charge in [0.05, 0.1) is 24.5 Å². The van der Waals surface area contributed by atoms with Crippen molar-refractivity contribution in [2.75, 3.05) is 7.11 Å². The summed E-state index contributed by atoms with van der Waals surface area (Å²) in [5.74, 6) is -8.15. The van der Waals surface area contributed by atoms with E-state index >= 15 is 0 Å². The van der Waals surface area contributed by atoms with Crippen LogP contribution < -0.4 is 10.5 Å². The molecule has 4 atom stereocenters. The molecule has 0 heterocycles. The number of aliphatic hydroxyl groups excluding tert-OH is 1. The Morgan fingerprint density at radius 1 is 1.05 bits per heavy atom. The molecule has 0 saturated carbocycles. The number of hydrogen-bond acceptors (Lipinski definition) is 10. The number of methoxy groups -OCH3 is 1. The molecule has 1 spiro atoms. The number of ether oxygens (including phenoxy) is 1. The fourth-order valence-corrected chi connectivity index (χ4v) is 7.59. The highest BCUT2D eigenvalue weighted by Gasteiger charge is 2.71. The highest BCUT2D eigenvalue weighted by atomic mass is 16.5. The molecule has 1 unspecified atom stereocenters. The maximum absolute atomic E-state index is 14.2. The van der Waals surface area contributed by atoms with E-state index in [0.29, 0.717) is 11.3 Å². The van der Waals surface area contributed by atoms with E-state index in [0.717, 1.165) is 18.4 Å². The van der Waals surface area contributed by atoms with Crippen LogP contribution in [0.3, 0.4) is 0 Å². The van der Waals surface area contributed by atoms with Crippen LogP contribution in [0.5, 0.6) is 17.2 Å². The first-order valence-electron chi connectivity index (χ1n) is 12.8. The van der Waals surface area contributed by atoms with Crippen LogP contribution in [0.2, 0.25) is 0 Å². The quantitative estimate of drug-likeness (QED) is 0.235. The van der Waals surface area contributed by atoms with Gasteiger partial charge in [0.15, 0.2) is 22.9 Å². The normalized spacial score (nSPS) is 31.0. The maximum Gasteiger partial charge on any atom is 0.255 e. The van der Waals surface area contributed by atoms with Crippen LogP contribution >= 0.6 is 0 Å². The zero-order valence-electron chi connectivity index (χ0n) is 21.9. The molecule has 208 valence electrons. The molecule has 0 saturated heterocycles. The number of primary amides is 1. The maximum atomic E-state index is 14.2. The number of rotatable bonds is 2. The second-order valence-corrected chi connectivity index (χ2v) is 11.2. The molecule has 0 radical (unpaired) electrons. The number of allylic oxidation sites excluding steroid dienone is 2. The zero-order chi connectivity index (χ0) is 29.3. The van der Waals surface area contributed by atoms with Crippen LogP contribution in [0, 0.1) is 5.92 Å². The minimum absolute atomic E-state index is 0.0138. The Bertz CT molecular complexity index is 1720. The van der Waals surface area contributed by atoms with Crippen molar-refractivity contribution in [1.82, 2.24) is 0 Å². The van der Waals surface area contributed by atoms with Crippen LogP contribution in [0.15, 0.2) is 29.0 Å². The van der Waals surface area contributed by atoms with Gasteiger partial charge >= 0.3 is 0 Å². The molecule has 0 bridgehead atoms. The number of benzene rings is 2. The Balaban J connectivity index is 1.79. The van der Waals surface area contributed by atoms with E-state index in [9.17, 15) is 44.7 Å². The first-order chi connectivity index (χ1) is 18.7. The highest BCUT2D eigenvalue weighted by Crippen LogP contribution is 2.62. The molecule has 2 aromatic rings. The summed E-state index contributed by atoms with van der Waals surface area (Å²) in [4.78, 5) is 52.8. The first kappa shape index (κ1) is 26.0. The lowest BCUT2D eigenvalue weighted by Gasteiger charge is -2.46. The Morgan fingerprint density at radius 3 is 2.33 bits per heavy atom. The summed E-state index contributed by atoms with van der Waals surface area (Å²) >= 11 is 0. The van der Waals surface area contributed by atoms with E-state index < -0.39 is 80.3 Å². The summed E-state index contributed by atoms with van der Waals surface area (Å²) in [7, 11) is 1.42. The van der Waals surface area contributed by atoms with Crippen molar-refractivity contribution in [2.45, 2.75) is 56.1 Å². The summed E-state index contributed by atoms with van der Waals surface area (Å²) in [6, 6.07) is 1.30. The lowest BCUT2D eigenvalue weighted by molar-refractivity contribution is -0.139. The van der Waals surface area contributed by atoms with Gasteiger partial charge in [-0.2, -0.15) is 0 Å². The molecule has 0 aliphatic heterocycles. The number of fused-ring (bicyclic) bond motifs is 4. The van der Waals surface area contributed by atoms with Crippen LogP contribution in [-0.2, 0) is 21.4 Å². The number of phenolic OH excluding ortho intramolecular Hbond substituents is 2. The van der Waals surface area contributed by atoms with Crippen LogP contribution in [0.1, 0.15) is 65.0 Å². The van der Waals surface area contributed by atoms with E-state index in [4.69, 9.17) is 10.5 Å². The number of nitrogens with two attached hydrogens (primary N) is 1. The van der Waals surface area contributed by atoms with Crippen LogP contribution in [-0.4, -0.2) is 67.1 Å². The molecule has 6 rings (SSSR count). The summed E-state index contributed by atoms with van der Waals surface area (Å²) in [5, 5.41) is 56.5.